The molecule has 31 heavy (non-hydrogen) atoms. The number of rotatable bonds is 5. The number of carbonyl (C=O) groups excluding carboxylic acids is 3. The van der Waals surface area contributed by atoms with Crippen LogP contribution < -0.4 is 10.6 Å². The molecule has 6 nitrogen and oxygen atoms in total. The third-order valence-electron chi connectivity index (χ3n) is 5.43. The summed E-state index contributed by atoms with van der Waals surface area (Å²) in [5, 5.41) is 6.58. The number of hydrogen-bond acceptors (Lipinski definition) is 3. The maximum Gasteiger partial charge on any atom is 0.313 e. The molecule has 1 fully saturated rings. The summed E-state index contributed by atoms with van der Waals surface area (Å²) in [7, 11) is 3.31. The first-order valence-electron chi connectivity index (χ1n) is 9.99. The Morgan fingerprint density at radius 2 is 1.74 bits per heavy atom. The van der Waals surface area contributed by atoms with E-state index in [4.69, 9.17) is 23.2 Å². The lowest BCUT2D eigenvalue weighted by Gasteiger charge is -2.42. The van der Waals surface area contributed by atoms with Gasteiger partial charge >= 0.3 is 11.8 Å². The molecule has 8 heteroatoms. The quantitative estimate of drug-likeness (QED) is 0.653. The van der Waals surface area contributed by atoms with Gasteiger partial charge in [-0.1, -0.05) is 29.3 Å². The molecular weight excluding hydrogens is 437 g/mol. The number of nitrogens with zero attached hydrogens (tertiary/aromatic N) is 1. The molecule has 0 saturated heterocycles. The second kappa shape index (κ2) is 9.28. The summed E-state index contributed by atoms with van der Waals surface area (Å²) >= 11 is 12.3. The Kier molecular flexibility index (Phi) is 6.92. The highest BCUT2D eigenvalue weighted by molar-refractivity contribution is 6.40. The number of carbonyl (C=O) groups is 3. The van der Waals surface area contributed by atoms with Gasteiger partial charge in [-0.15, -0.1) is 0 Å². The van der Waals surface area contributed by atoms with E-state index in [1.165, 1.54) is 4.90 Å². The lowest BCUT2D eigenvalue weighted by atomic mass is 9.72. The van der Waals surface area contributed by atoms with Crippen LogP contribution in [0.25, 0.3) is 0 Å². The van der Waals surface area contributed by atoms with E-state index in [9.17, 15) is 14.4 Å². The van der Waals surface area contributed by atoms with Crippen LogP contribution in [0.2, 0.25) is 10.0 Å². The van der Waals surface area contributed by atoms with E-state index in [0.717, 1.165) is 30.4 Å². The molecule has 0 atom stereocenters. The molecule has 0 heterocycles. The van der Waals surface area contributed by atoms with Crippen molar-refractivity contribution in [3.63, 3.8) is 0 Å². The zero-order valence-electron chi connectivity index (χ0n) is 17.7. The van der Waals surface area contributed by atoms with Crippen molar-refractivity contribution in [3.8, 4) is 0 Å². The predicted molar refractivity (Wildman–Crippen MR) is 123 cm³/mol. The van der Waals surface area contributed by atoms with E-state index in [2.05, 4.69) is 10.6 Å². The van der Waals surface area contributed by atoms with Crippen LogP contribution in [0.5, 0.6) is 0 Å². The molecule has 0 spiro atoms. The van der Waals surface area contributed by atoms with Crippen LogP contribution in [0, 0.1) is 6.92 Å². The summed E-state index contributed by atoms with van der Waals surface area (Å²) < 4.78 is 0. The molecule has 2 N–H and O–H groups in total. The van der Waals surface area contributed by atoms with E-state index >= 15 is 0 Å². The smallest absolute Gasteiger partial charge is 0.313 e. The molecule has 164 valence electrons. The third-order valence-corrected chi connectivity index (χ3v) is 6.01. The Labute approximate surface area is 191 Å². The van der Waals surface area contributed by atoms with Crippen molar-refractivity contribution in [2.45, 2.75) is 38.1 Å². The fourth-order valence-electron chi connectivity index (χ4n) is 3.70. The van der Waals surface area contributed by atoms with Crippen LogP contribution >= 0.6 is 23.2 Å². The highest BCUT2D eigenvalue weighted by Crippen LogP contribution is 2.37. The average molecular weight is 462 g/mol. The summed E-state index contributed by atoms with van der Waals surface area (Å²) in [6.07, 6.45) is 3.00. The normalized spacial score (nSPS) is 14.4. The number of nitrogens with one attached hydrogen (secondary N) is 2. The minimum atomic E-state index is -0.776. The van der Waals surface area contributed by atoms with Gasteiger partial charge in [0.05, 0.1) is 0 Å². The molecule has 0 aliphatic heterocycles. The van der Waals surface area contributed by atoms with Gasteiger partial charge in [-0.3, -0.25) is 14.4 Å². The second-order valence-corrected chi connectivity index (χ2v) is 9.09. The topological polar surface area (TPSA) is 78.5 Å². The maximum atomic E-state index is 12.6. The van der Waals surface area contributed by atoms with Crippen LogP contribution in [0.3, 0.4) is 0 Å². The molecule has 0 radical (unpaired) electrons. The van der Waals surface area contributed by atoms with Crippen LogP contribution in [-0.2, 0) is 16.0 Å². The standard InChI is InChI=1S/C23H25Cl2N3O3/c1-14-9-16(22(31)28(2)3)11-18(10-14)26-20(29)21(30)27-23(7-4-8-23)13-15-5-6-17(24)12-19(15)25/h5-6,9-12H,4,7-8,13H2,1-3H3,(H,26,29)(H,27,30). The van der Waals surface area contributed by atoms with Gasteiger partial charge in [0.2, 0.25) is 0 Å². The largest absolute Gasteiger partial charge is 0.345 e. The van der Waals surface area contributed by atoms with Gasteiger partial charge in [-0.2, -0.15) is 0 Å². The van der Waals surface area contributed by atoms with Crippen LogP contribution in [-0.4, -0.2) is 42.3 Å². The Morgan fingerprint density at radius 1 is 1.03 bits per heavy atom. The zero-order chi connectivity index (χ0) is 22.8. The summed E-state index contributed by atoms with van der Waals surface area (Å²) in [6.45, 7) is 1.82. The Balaban J connectivity index is 1.70. The van der Waals surface area contributed by atoms with Crippen LogP contribution in [0.15, 0.2) is 36.4 Å². The highest BCUT2D eigenvalue weighted by Gasteiger charge is 2.40. The molecule has 0 aromatic heterocycles. The first-order chi connectivity index (χ1) is 14.6. The number of amides is 3. The molecule has 1 aliphatic rings. The van der Waals surface area contributed by atoms with E-state index in [0.29, 0.717) is 27.7 Å². The SMILES string of the molecule is Cc1cc(NC(=O)C(=O)NC2(Cc3ccc(Cl)cc3Cl)CCC2)cc(C(=O)N(C)C)c1. The van der Waals surface area contributed by atoms with Crippen molar-refractivity contribution in [2.75, 3.05) is 19.4 Å². The van der Waals surface area contributed by atoms with Crippen molar-refractivity contribution in [1.82, 2.24) is 10.2 Å². The fourth-order valence-corrected chi connectivity index (χ4v) is 4.18. The number of benzene rings is 2. The van der Waals surface area contributed by atoms with E-state index in [-0.39, 0.29) is 5.91 Å². The summed E-state index contributed by atoms with van der Waals surface area (Å²) in [5.41, 5.74) is 2.00. The van der Waals surface area contributed by atoms with Gasteiger partial charge < -0.3 is 15.5 Å². The summed E-state index contributed by atoms with van der Waals surface area (Å²) in [5.74, 6) is -1.67. The highest BCUT2D eigenvalue weighted by atomic mass is 35.5. The minimum Gasteiger partial charge on any atom is -0.345 e. The van der Waals surface area contributed by atoms with Crippen molar-refractivity contribution in [3.05, 3.63) is 63.1 Å². The minimum absolute atomic E-state index is 0.183. The van der Waals surface area contributed by atoms with Gasteiger partial charge in [0.25, 0.3) is 5.91 Å². The Hall–Kier alpha value is -2.57. The van der Waals surface area contributed by atoms with E-state index in [1.54, 1.807) is 44.4 Å². The lowest BCUT2D eigenvalue weighted by Crippen LogP contribution is -2.57. The average Bonchev–Trinajstić information content (AvgIpc) is 2.66. The van der Waals surface area contributed by atoms with Gasteiger partial charge in [0.1, 0.15) is 0 Å². The third kappa shape index (κ3) is 5.57. The number of halogens is 2. The molecule has 3 rings (SSSR count). The first kappa shape index (κ1) is 23.1. The van der Waals surface area contributed by atoms with Gasteiger partial charge in [0.15, 0.2) is 0 Å². The molecular formula is C23H25Cl2N3O3. The predicted octanol–water partition coefficient (Wildman–Crippen LogP) is 4.22. The van der Waals surface area contributed by atoms with Crippen molar-refractivity contribution >= 4 is 46.6 Å². The molecule has 2 aromatic rings. The van der Waals surface area contributed by atoms with Crippen LogP contribution in [0.4, 0.5) is 5.69 Å². The van der Waals surface area contributed by atoms with E-state index < -0.39 is 17.4 Å². The van der Waals surface area contributed by atoms with Gasteiger partial charge in [-0.25, -0.2) is 0 Å². The molecule has 1 saturated carbocycles. The molecule has 2 aromatic carbocycles. The van der Waals surface area contributed by atoms with Crippen molar-refractivity contribution < 1.29 is 14.4 Å². The molecule has 0 unspecified atom stereocenters. The lowest BCUT2D eigenvalue weighted by molar-refractivity contribution is -0.138. The van der Waals surface area contributed by atoms with Crippen molar-refractivity contribution in [2.24, 2.45) is 0 Å². The maximum absolute atomic E-state index is 12.6. The fraction of sp³-hybridized carbons (Fsp3) is 0.348. The Morgan fingerprint density at radius 3 is 2.32 bits per heavy atom. The van der Waals surface area contributed by atoms with Crippen molar-refractivity contribution in [1.29, 1.82) is 0 Å². The van der Waals surface area contributed by atoms with E-state index in [1.807, 2.05) is 13.0 Å². The molecule has 0 bridgehead atoms. The first-order valence-corrected chi connectivity index (χ1v) is 10.7. The number of hydrogen-bond donors (Lipinski definition) is 2. The van der Waals surface area contributed by atoms with Crippen LogP contribution in [0.1, 0.15) is 40.7 Å². The Bertz CT molecular complexity index is 1030. The number of aryl methyl sites for hydroxylation is 1. The molecule has 1 aliphatic carbocycles. The second-order valence-electron chi connectivity index (χ2n) is 8.24. The number of anilines is 1. The molecule has 3 amide bonds. The van der Waals surface area contributed by atoms with Gasteiger partial charge in [-0.05, 0) is 74.1 Å². The zero-order valence-corrected chi connectivity index (χ0v) is 19.2. The monoisotopic (exact) mass is 461 g/mol. The van der Waals surface area contributed by atoms with Gasteiger partial charge in [0, 0.05) is 40.9 Å². The summed E-state index contributed by atoms with van der Waals surface area (Å²) in [6, 6.07) is 10.3. The summed E-state index contributed by atoms with van der Waals surface area (Å²) in [4.78, 5) is 38.9.